The Kier molecular flexibility index (Phi) is 1.70. The molecule has 0 fully saturated rings. The largest absolute Gasteiger partial charge is 0.351 e. The number of hydrogen-bond donors (Lipinski definition) is 1. The molecule has 0 amide bonds. The van der Waals surface area contributed by atoms with Gasteiger partial charge in [-0.05, 0) is 0 Å². The van der Waals surface area contributed by atoms with Gasteiger partial charge in [-0.25, -0.2) is 0 Å². The van der Waals surface area contributed by atoms with Gasteiger partial charge in [0.15, 0.2) is 0 Å². The van der Waals surface area contributed by atoms with Gasteiger partial charge in [-0.1, -0.05) is 23.7 Å². The molecule has 2 rings (SSSR count). The third kappa shape index (κ3) is 1.15. The first kappa shape index (κ1) is 8.07. The van der Waals surface area contributed by atoms with Crippen molar-refractivity contribution in [3.8, 4) is 0 Å². The van der Waals surface area contributed by atoms with E-state index in [1.807, 2.05) is 0 Å². The number of benzene rings is 1. The molecule has 5 heteroatoms. The number of non-ortho nitro benzene ring substituents is 1. The second-order valence-corrected chi connectivity index (χ2v) is 2.98. The number of nitro benzene ring substituents is 1. The van der Waals surface area contributed by atoms with Crippen LogP contribution in [0.15, 0.2) is 24.4 Å². The standard InChI is InChI=1S/C8H5ClN2O2/c9-8-5-2-1-3-7(11(12)13)6(5)4-10-8/h1-4,10H. The Morgan fingerprint density at radius 2 is 2.15 bits per heavy atom. The topological polar surface area (TPSA) is 58.9 Å². The van der Waals surface area contributed by atoms with Gasteiger partial charge in [0.2, 0.25) is 0 Å². The molecule has 1 aromatic heterocycles. The molecule has 0 radical (unpaired) electrons. The molecular formula is C8H5ClN2O2. The van der Waals surface area contributed by atoms with Crippen LogP contribution in [0.3, 0.4) is 0 Å². The minimum Gasteiger partial charge on any atom is -0.351 e. The van der Waals surface area contributed by atoms with Gasteiger partial charge in [-0.15, -0.1) is 0 Å². The van der Waals surface area contributed by atoms with Crippen LogP contribution < -0.4 is 0 Å². The van der Waals surface area contributed by atoms with Gasteiger partial charge in [0, 0.05) is 17.6 Å². The van der Waals surface area contributed by atoms with Crippen LogP contribution in [0.5, 0.6) is 0 Å². The fourth-order valence-corrected chi connectivity index (χ4v) is 1.49. The summed E-state index contributed by atoms with van der Waals surface area (Å²) in [5.74, 6) is 0. The zero-order valence-corrected chi connectivity index (χ0v) is 7.21. The second-order valence-electron chi connectivity index (χ2n) is 2.60. The van der Waals surface area contributed by atoms with Crippen molar-refractivity contribution in [1.82, 2.24) is 4.98 Å². The van der Waals surface area contributed by atoms with E-state index in [4.69, 9.17) is 11.6 Å². The molecule has 66 valence electrons. The molecule has 0 bridgehead atoms. The van der Waals surface area contributed by atoms with Crippen LogP contribution in [0.25, 0.3) is 10.8 Å². The van der Waals surface area contributed by atoms with E-state index in [0.29, 0.717) is 15.9 Å². The fourth-order valence-electron chi connectivity index (χ4n) is 1.27. The lowest BCUT2D eigenvalue weighted by atomic mass is 10.2. The summed E-state index contributed by atoms with van der Waals surface area (Å²) < 4.78 is 0. The Hall–Kier alpha value is -1.55. The summed E-state index contributed by atoms with van der Waals surface area (Å²) in [5.41, 5.74) is 0.0700. The quantitative estimate of drug-likeness (QED) is 0.563. The highest BCUT2D eigenvalue weighted by molar-refractivity contribution is 6.34. The van der Waals surface area contributed by atoms with E-state index in [2.05, 4.69) is 4.98 Å². The number of aromatic nitrogens is 1. The molecule has 1 heterocycles. The monoisotopic (exact) mass is 196 g/mol. The van der Waals surface area contributed by atoms with Crippen molar-refractivity contribution in [1.29, 1.82) is 0 Å². The molecule has 0 unspecified atom stereocenters. The van der Waals surface area contributed by atoms with Crippen LogP contribution in [-0.2, 0) is 0 Å². The first-order valence-corrected chi connectivity index (χ1v) is 3.98. The minimum atomic E-state index is -0.424. The van der Waals surface area contributed by atoms with Crippen molar-refractivity contribution < 1.29 is 4.92 Å². The average Bonchev–Trinajstić information content (AvgIpc) is 2.48. The summed E-state index contributed by atoms with van der Waals surface area (Å²) in [7, 11) is 0. The first-order chi connectivity index (χ1) is 6.20. The van der Waals surface area contributed by atoms with Gasteiger partial charge in [-0.2, -0.15) is 0 Å². The summed E-state index contributed by atoms with van der Waals surface area (Å²) in [5, 5.41) is 12.2. The summed E-state index contributed by atoms with van der Waals surface area (Å²) in [6.07, 6.45) is 1.54. The highest BCUT2D eigenvalue weighted by Gasteiger charge is 2.13. The third-order valence-electron chi connectivity index (χ3n) is 1.86. The first-order valence-electron chi connectivity index (χ1n) is 3.60. The Morgan fingerprint density at radius 3 is 2.85 bits per heavy atom. The van der Waals surface area contributed by atoms with E-state index >= 15 is 0 Å². The molecule has 0 aliphatic rings. The van der Waals surface area contributed by atoms with Crippen LogP contribution in [0.2, 0.25) is 5.15 Å². The van der Waals surface area contributed by atoms with E-state index in [1.165, 1.54) is 12.3 Å². The van der Waals surface area contributed by atoms with Crippen LogP contribution in [0, 0.1) is 10.1 Å². The Morgan fingerprint density at radius 1 is 1.38 bits per heavy atom. The molecule has 4 nitrogen and oxygen atoms in total. The molecule has 0 saturated heterocycles. The number of rotatable bonds is 1. The summed E-state index contributed by atoms with van der Waals surface area (Å²) in [6.45, 7) is 0. The van der Waals surface area contributed by atoms with Crippen molar-refractivity contribution in [3.05, 3.63) is 39.7 Å². The number of nitrogens with zero attached hydrogens (tertiary/aromatic N) is 1. The van der Waals surface area contributed by atoms with Gasteiger partial charge >= 0.3 is 0 Å². The molecule has 0 atom stereocenters. The molecule has 0 aliphatic carbocycles. The van der Waals surface area contributed by atoms with Crippen LogP contribution in [0.4, 0.5) is 5.69 Å². The lowest BCUT2D eigenvalue weighted by molar-refractivity contribution is -0.383. The van der Waals surface area contributed by atoms with Gasteiger partial charge in [0.1, 0.15) is 5.15 Å². The maximum Gasteiger partial charge on any atom is 0.278 e. The van der Waals surface area contributed by atoms with Crippen molar-refractivity contribution >= 4 is 28.1 Å². The minimum absolute atomic E-state index is 0.0700. The van der Waals surface area contributed by atoms with Crippen molar-refractivity contribution in [2.45, 2.75) is 0 Å². The van der Waals surface area contributed by atoms with Crippen molar-refractivity contribution in [2.24, 2.45) is 0 Å². The number of fused-ring (bicyclic) bond motifs is 1. The zero-order chi connectivity index (χ0) is 9.42. The van der Waals surface area contributed by atoms with Crippen molar-refractivity contribution in [2.75, 3.05) is 0 Å². The molecule has 1 aromatic carbocycles. The van der Waals surface area contributed by atoms with E-state index < -0.39 is 4.92 Å². The third-order valence-corrected chi connectivity index (χ3v) is 2.17. The van der Waals surface area contributed by atoms with Gasteiger partial charge in [0.05, 0.1) is 10.3 Å². The molecule has 0 saturated carbocycles. The molecule has 1 N–H and O–H groups in total. The number of aromatic amines is 1. The summed E-state index contributed by atoms with van der Waals surface area (Å²) in [6, 6.07) is 4.80. The van der Waals surface area contributed by atoms with Crippen LogP contribution >= 0.6 is 11.6 Å². The maximum atomic E-state index is 10.6. The zero-order valence-electron chi connectivity index (χ0n) is 6.45. The highest BCUT2D eigenvalue weighted by Crippen LogP contribution is 2.29. The SMILES string of the molecule is O=[N+]([O-])c1cccc2c(Cl)[nH]cc12. The lowest BCUT2D eigenvalue weighted by Crippen LogP contribution is -1.86. The van der Waals surface area contributed by atoms with Crippen LogP contribution in [-0.4, -0.2) is 9.91 Å². The van der Waals surface area contributed by atoms with E-state index in [0.717, 1.165) is 0 Å². The van der Waals surface area contributed by atoms with Gasteiger partial charge in [-0.3, -0.25) is 10.1 Å². The maximum absolute atomic E-state index is 10.6. The second kappa shape index (κ2) is 2.74. The summed E-state index contributed by atoms with van der Waals surface area (Å²) in [4.78, 5) is 12.9. The van der Waals surface area contributed by atoms with E-state index in [-0.39, 0.29) is 5.69 Å². The Labute approximate surface area is 78.3 Å². The molecule has 0 aliphatic heterocycles. The van der Waals surface area contributed by atoms with Crippen LogP contribution in [0.1, 0.15) is 0 Å². The number of nitro groups is 1. The van der Waals surface area contributed by atoms with Gasteiger partial charge in [0.25, 0.3) is 5.69 Å². The molecule has 0 spiro atoms. The fraction of sp³-hybridized carbons (Fsp3) is 0. The predicted molar refractivity (Wildman–Crippen MR) is 50.0 cm³/mol. The summed E-state index contributed by atoms with van der Waals surface area (Å²) >= 11 is 5.77. The Balaban J connectivity index is 2.84. The van der Waals surface area contributed by atoms with Crippen molar-refractivity contribution in [3.63, 3.8) is 0 Å². The molecule has 2 aromatic rings. The number of nitrogens with one attached hydrogen (secondary N) is 1. The average molecular weight is 197 g/mol. The predicted octanol–water partition coefficient (Wildman–Crippen LogP) is 2.73. The highest BCUT2D eigenvalue weighted by atomic mass is 35.5. The Bertz CT molecular complexity index is 478. The number of H-pyrrole nitrogens is 1. The molecular weight excluding hydrogens is 192 g/mol. The van der Waals surface area contributed by atoms with E-state index in [1.54, 1.807) is 12.1 Å². The number of halogens is 1. The lowest BCUT2D eigenvalue weighted by Gasteiger charge is -1.92. The smallest absolute Gasteiger partial charge is 0.278 e. The molecule has 13 heavy (non-hydrogen) atoms. The number of hydrogen-bond acceptors (Lipinski definition) is 2. The van der Waals surface area contributed by atoms with Gasteiger partial charge < -0.3 is 4.98 Å². The van der Waals surface area contributed by atoms with E-state index in [9.17, 15) is 10.1 Å². The normalized spacial score (nSPS) is 10.5.